The summed E-state index contributed by atoms with van der Waals surface area (Å²) in [6.45, 7) is 0. The summed E-state index contributed by atoms with van der Waals surface area (Å²) in [7, 11) is 0. The van der Waals surface area contributed by atoms with Crippen molar-refractivity contribution in [3.8, 4) is 16.9 Å². The maximum absolute atomic E-state index is 13.2. The van der Waals surface area contributed by atoms with Gasteiger partial charge in [0.25, 0.3) is 5.56 Å². The lowest BCUT2D eigenvalue weighted by atomic mass is 10.1. The summed E-state index contributed by atoms with van der Waals surface area (Å²) in [5, 5.41) is 4.10. The molecule has 4 aromatic rings. The summed E-state index contributed by atoms with van der Waals surface area (Å²) in [5.74, 6) is 0. The Morgan fingerprint density at radius 3 is 2.10 bits per heavy atom. The van der Waals surface area contributed by atoms with Crippen LogP contribution in [0, 0.1) is 0 Å². The Kier molecular flexibility index (Phi) is 4.79. The summed E-state index contributed by atoms with van der Waals surface area (Å²) in [6.07, 6.45) is -7.92. The molecule has 2 aromatic heterocycles. The molecule has 0 atom stereocenters. The molecule has 0 aliphatic carbocycles. The van der Waals surface area contributed by atoms with Crippen LogP contribution in [0.15, 0.2) is 71.7 Å². The summed E-state index contributed by atoms with van der Waals surface area (Å²) in [5.41, 5.74) is -2.89. The third-order valence-corrected chi connectivity index (χ3v) is 4.54. The molecule has 0 unspecified atom stereocenters. The van der Waals surface area contributed by atoms with Gasteiger partial charge in [-0.3, -0.25) is 9.78 Å². The van der Waals surface area contributed by atoms with Gasteiger partial charge in [0.1, 0.15) is 11.2 Å². The molecule has 2 heterocycles. The first-order chi connectivity index (χ1) is 14.6. The molecule has 0 bridgehead atoms. The van der Waals surface area contributed by atoms with E-state index in [1.165, 1.54) is 36.5 Å². The zero-order chi connectivity index (χ0) is 22.4. The number of rotatable bonds is 2. The number of alkyl halides is 6. The molecule has 2 aromatic carbocycles. The van der Waals surface area contributed by atoms with Gasteiger partial charge in [-0.15, -0.1) is 0 Å². The van der Waals surface area contributed by atoms with Crippen LogP contribution in [0.4, 0.5) is 26.3 Å². The highest BCUT2D eigenvalue weighted by molar-refractivity contribution is 5.90. The Balaban J connectivity index is 2.01. The lowest BCUT2D eigenvalue weighted by Gasteiger charge is -2.13. The van der Waals surface area contributed by atoms with Gasteiger partial charge in [0.05, 0.1) is 22.2 Å². The summed E-state index contributed by atoms with van der Waals surface area (Å²) in [6, 6.07) is 11.0. The predicted octanol–water partition coefficient (Wildman–Crippen LogP) is 5.49. The number of hydrogen-bond acceptors (Lipinski definition) is 3. The molecule has 0 spiro atoms. The molecular formula is C21H11F6N3O. The highest BCUT2D eigenvalue weighted by Crippen LogP contribution is 2.33. The molecule has 31 heavy (non-hydrogen) atoms. The Labute approximate surface area is 170 Å². The van der Waals surface area contributed by atoms with E-state index in [1.807, 2.05) is 0 Å². The maximum atomic E-state index is 13.2. The second kappa shape index (κ2) is 7.22. The van der Waals surface area contributed by atoms with Gasteiger partial charge in [-0.2, -0.15) is 36.1 Å². The van der Waals surface area contributed by atoms with Crippen molar-refractivity contribution in [2.75, 3.05) is 0 Å². The fraction of sp³-hybridized carbons (Fsp3) is 0.0952. The van der Waals surface area contributed by atoms with Crippen molar-refractivity contribution in [2.45, 2.75) is 12.4 Å². The first-order valence-electron chi connectivity index (χ1n) is 8.79. The zero-order valence-corrected chi connectivity index (χ0v) is 15.4. The third-order valence-electron chi connectivity index (χ3n) is 4.54. The number of hydrogen-bond donors (Lipinski definition) is 0. The third kappa shape index (κ3) is 3.88. The van der Waals surface area contributed by atoms with E-state index >= 15 is 0 Å². The predicted molar refractivity (Wildman–Crippen MR) is 101 cm³/mol. The normalized spacial score (nSPS) is 12.3. The van der Waals surface area contributed by atoms with E-state index in [4.69, 9.17) is 0 Å². The molecule has 158 valence electrons. The average molecular weight is 435 g/mol. The molecular weight excluding hydrogens is 424 g/mol. The van der Waals surface area contributed by atoms with Crippen molar-refractivity contribution in [1.82, 2.24) is 14.8 Å². The van der Waals surface area contributed by atoms with Gasteiger partial charge in [0.15, 0.2) is 0 Å². The minimum absolute atomic E-state index is 0.00215. The van der Waals surface area contributed by atoms with Crippen molar-refractivity contribution in [2.24, 2.45) is 0 Å². The molecule has 4 nitrogen and oxygen atoms in total. The number of aromatic nitrogens is 3. The van der Waals surface area contributed by atoms with Crippen LogP contribution in [0.2, 0.25) is 0 Å². The lowest BCUT2D eigenvalue weighted by molar-refractivity contribution is -0.138. The molecule has 0 amide bonds. The first-order valence-corrected chi connectivity index (χ1v) is 8.79. The van der Waals surface area contributed by atoms with E-state index in [9.17, 15) is 31.1 Å². The van der Waals surface area contributed by atoms with Crippen LogP contribution in [0.25, 0.3) is 27.8 Å². The second-order valence-electron chi connectivity index (χ2n) is 6.59. The van der Waals surface area contributed by atoms with E-state index in [-0.39, 0.29) is 27.8 Å². The molecule has 0 aliphatic rings. The second-order valence-corrected chi connectivity index (χ2v) is 6.59. The van der Waals surface area contributed by atoms with E-state index in [0.717, 1.165) is 35.0 Å². The molecule has 0 N–H and O–H groups in total. The van der Waals surface area contributed by atoms with Crippen LogP contribution >= 0.6 is 0 Å². The number of fused-ring (bicyclic) bond motifs is 1. The number of halogens is 6. The Bertz CT molecular complexity index is 1340. The van der Waals surface area contributed by atoms with E-state index in [0.29, 0.717) is 0 Å². The Morgan fingerprint density at radius 2 is 1.42 bits per heavy atom. The van der Waals surface area contributed by atoms with Gasteiger partial charge in [-0.1, -0.05) is 18.2 Å². The average Bonchev–Trinajstić information content (AvgIpc) is 2.73. The lowest BCUT2D eigenvalue weighted by Crippen LogP contribution is -2.23. The van der Waals surface area contributed by atoms with E-state index in [1.54, 1.807) is 0 Å². The fourth-order valence-electron chi connectivity index (χ4n) is 3.10. The van der Waals surface area contributed by atoms with Gasteiger partial charge < -0.3 is 0 Å². The molecule has 0 saturated heterocycles. The summed E-state index contributed by atoms with van der Waals surface area (Å²) >= 11 is 0. The van der Waals surface area contributed by atoms with Crippen molar-refractivity contribution in [3.05, 3.63) is 88.3 Å². The maximum Gasteiger partial charge on any atom is 0.416 e. The van der Waals surface area contributed by atoms with Crippen LogP contribution in [-0.2, 0) is 12.4 Å². The van der Waals surface area contributed by atoms with Gasteiger partial charge in [0.2, 0.25) is 0 Å². The Hall–Kier alpha value is -3.69. The summed E-state index contributed by atoms with van der Waals surface area (Å²) < 4.78 is 79.6. The smallest absolute Gasteiger partial charge is 0.267 e. The minimum Gasteiger partial charge on any atom is -0.267 e. The molecule has 4 rings (SSSR count). The van der Waals surface area contributed by atoms with Crippen molar-refractivity contribution < 1.29 is 26.3 Å². The number of nitrogens with zero attached hydrogens (tertiary/aromatic N) is 3. The van der Waals surface area contributed by atoms with Gasteiger partial charge in [-0.05, 0) is 42.5 Å². The topological polar surface area (TPSA) is 47.8 Å². The largest absolute Gasteiger partial charge is 0.416 e. The van der Waals surface area contributed by atoms with Crippen LogP contribution in [-0.4, -0.2) is 14.8 Å². The van der Waals surface area contributed by atoms with Crippen molar-refractivity contribution in [3.63, 3.8) is 0 Å². The van der Waals surface area contributed by atoms with Crippen LogP contribution < -0.4 is 5.56 Å². The number of benzene rings is 2. The zero-order valence-electron chi connectivity index (χ0n) is 15.4. The molecule has 10 heteroatoms. The van der Waals surface area contributed by atoms with E-state index < -0.39 is 29.0 Å². The Morgan fingerprint density at radius 1 is 0.774 bits per heavy atom. The minimum atomic E-state index is -4.65. The quantitative estimate of drug-likeness (QED) is 0.392. The van der Waals surface area contributed by atoms with Gasteiger partial charge in [0, 0.05) is 11.8 Å². The van der Waals surface area contributed by atoms with Gasteiger partial charge in [-0.25, -0.2) is 0 Å². The van der Waals surface area contributed by atoms with Crippen LogP contribution in [0.3, 0.4) is 0 Å². The van der Waals surface area contributed by atoms with E-state index in [2.05, 4.69) is 10.1 Å². The number of pyridine rings is 1. The van der Waals surface area contributed by atoms with Crippen molar-refractivity contribution in [1.29, 1.82) is 0 Å². The monoisotopic (exact) mass is 435 g/mol. The highest BCUT2D eigenvalue weighted by atomic mass is 19.4. The first kappa shape index (κ1) is 20.6. The van der Waals surface area contributed by atoms with Crippen molar-refractivity contribution >= 4 is 10.9 Å². The SMILES string of the molecule is O=c1c2cccnc2c(-c2cccc(C(F)(F)F)c2)nn1-c1cccc(C(F)(F)F)c1. The fourth-order valence-corrected chi connectivity index (χ4v) is 3.10. The molecule has 0 aliphatic heterocycles. The standard InChI is InChI=1S/C21H11F6N3O/c22-20(23,24)13-5-1-4-12(10-13)17-18-16(8-3-9-28-18)19(31)30(29-17)15-7-2-6-14(11-15)21(25,26)27/h1-11H. The highest BCUT2D eigenvalue weighted by Gasteiger charge is 2.32. The molecule has 0 saturated carbocycles. The van der Waals surface area contributed by atoms with Crippen LogP contribution in [0.1, 0.15) is 11.1 Å². The molecule has 0 fully saturated rings. The van der Waals surface area contributed by atoms with Gasteiger partial charge >= 0.3 is 12.4 Å². The molecule has 0 radical (unpaired) electrons. The summed E-state index contributed by atoms with van der Waals surface area (Å²) in [4.78, 5) is 17.0. The van der Waals surface area contributed by atoms with Crippen LogP contribution in [0.5, 0.6) is 0 Å².